The molecule has 0 aliphatic heterocycles. The molecule has 150 valence electrons. The molecule has 3 aromatic rings. The topological polar surface area (TPSA) is 86.8 Å². The average Bonchev–Trinajstić information content (AvgIpc) is 3.20. The van der Waals surface area contributed by atoms with Crippen LogP contribution in [0.15, 0.2) is 52.3 Å². The number of ether oxygens (including phenoxy) is 3. The van der Waals surface area contributed by atoms with Crippen molar-refractivity contribution < 1.29 is 23.8 Å². The molecule has 0 unspecified atom stereocenters. The fourth-order valence-corrected chi connectivity index (χ4v) is 3.58. The maximum Gasteiger partial charge on any atom is 0.338 e. The standard InChI is InChI=1S/C20H17BrN2O5S/c1-26-16-7-6-13(9-17(16)27-2)19(25)28-10-18(24)23-20-22-15(11-29-20)12-4-3-5-14(21)8-12/h3-9,11H,10H2,1-2H3,(H,22,23,24). The van der Waals surface area contributed by atoms with E-state index in [0.29, 0.717) is 16.6 Å². The summed E-state index contributed by atoms with van der Waals surface area (Å²) in [5.41, 5.74) is 1.92. The maximum absolute atomic E-state index is 12.2. The first-order valence-electron chi connectivity index (χ1n) is 8.40. The van der Waals surface area contributed by atoms with E-state index in [-0.39, 0.29) is 5.56 Å². The molecule has 9 heteroatoms. The molecular formula is C20H17BrN2O5S. The second-order valence-electron chi connectivity index (χ2n) is 5.74. The van der Waals surface area contributed by atoms with Crippen molar-refractivity contribution >= 4 is 44.3 Å². The van der Waals surface area contributed by atoms with E-state index in [9.17, 15) is 9.59 Å². The van der Waals surface area contributed by atoms with E-state index < -0.39 is 18.5 Å². The van der Waals surface area contributed by atoms with Gasteiger partial charge in [-0.15, -0.1) is 11.3 Å². The Morgan fingerprint density at radius 2 is 1.90 bits per heavy atom. The van der Waals surface area contributed by atoms with Crippen molar-refractivity contribution in [1.82, 2.24) is 4.98 Å². The highest BCUT2D eigenvalue weighted by Gasteiger charge is 2.15. The number of esters is 1. The lowest BCUT2D eigenvalue weighted by molar-refractivity contribution is -0.119. The molecule has 1 heterocycles. The van der Waals surface area contributed by atoms with Crippen molar-refractivity contribution in [1.29, 1.82) is 0 Å². The second kappa shape index (κ2) is 9.53. The number of anilines is 1. The molecule has 1 N–H and O–H groups in total. The average molecular weight is 477 g/mol. The zero-order valence-electron chi connectivity index (χ0n) is 15.6. The number of hydrogen-bond donors (Lipinski definition) is 1. The van der Waals surface area contributed by atoms with E-state index in [1.165, 1.54) is 37.7 Å². The number of aromatic nitrogens is 1. The fraction of sp³-hybridized carbons (Fsp3) is 0.150. The lowest BCUT2D eigenvalue weighted by Gasteiger charge is -2.09. The number of nitrogens with one attached hydrogen (secondary N) is 1. The van der Waals surface area contributed by atoms with Crippen LogP contribution in [0.5, 0.6) is 11.5 Å². The highest BCUT2D eigenvalue weighted by atomic mass is 79.9. The van der Waals surface area contributed by atoms with Gasteiger partial charge in [-0.25, -0.2) is 9.78 Å². The first-order chi connectivity index (χ1) is 14.0. The lowest BCUT2D eigenvalue weighted by Crippen LogP contribution is -2.20. The van der Waals surface area contributed by atoms with Crippen molar-refractivity contribution in [3.05, 3.63) is 57.9 Å². The Morgan fingerprint density at radius 1 is 1.10 bits per heavy atom. The molecule has 0 atom stereocenters. The number of benzene rings is 2. The van der Waals surface area contributed by atoms with Crippen molar-refractivity contribution in [3.63, 3.8) is 0 Å². The summed E-state index contributed by atoms with van der Waals surface area (Å²) in [7, 11) is 2.97. The van der Waals surface area contributed by atoms with Gasteiger partial charge in [0.05, 0.1) is 25.5 Å². The second-order valence-corrected chi connectivity index (χ2v) is 7.52. The number of halogens is 1. The first kappa shape index (κ1) is 20.8. The molecule has 0 aliphatic rings. The van der Waals surface area contributed by atoms with Crippen LogP contribution in [0.2, 0.25) is 0 Å². The van der Waals surface area contributed by atoms with Gasteiger partial charge in [0.25, 0.3) is 5.91 Å². The summed E-state index contributed by atoms with van der Waals surface area (Å²) in [6.07, 6.45) is 0. The van der Waals surface area contributed by atoms with Crippen molar-refractivity contribution in [2.24, 2.45) is 0 Å². The van der Waals surface area contributed by atoms with Crippen LogP contribution in [0.3, 0.4) is 0 Å². The first-order valence-corrected chi connectivity index (χ1v) is 10.1. The molecule has 3 rings (SSSR count). The molecule has 1 aromatic heterocycles. The van der Waals surface area contributed by atoms with Crippen LogP contribution in [0.25, 0.3) is 11.3 Å². The predicted molar refractivity (Wildman–Crippen MR) is 114 cm³/mol. The number of rotatable bonds is 7. The Kier molecular flexibility index (Phi) is 6.84. The van der Waals surface area contributed by atoms with Gasteiger partial charge in [-0.05, 0) is 30.3 Å². The number of nitrogens with zero attached hydrogens (tertiary/aromatic N) is 1. The van der Waals surface area contributed by atoms with Crippen LogP contribution in [0, 0.1) is 0 Å². The number of carbonyl (C=O) groups excluding carboxylic acids is 2. The Morgan fingerprint density at radius 3 is 2.62 bits per heavy atom. The molecule has 0 saturated heterocycles. The van der Waals surface area contributed by atoms with Gasteiger partial charge >= 0.3 is 5.97 Å². The summed E-state index contributed by atoms with van der Waals surface area (Å²) >= 11 is 4.71. The molecule has 1 amide bonds. The maximum atomic E-state index is 12.2. The molecular weight excluding hydrogens is 460 g/mol. The van der Waals surface area contributed by atoms with Crippen molar-refractivity contribution in [2.75, 3.05) is 26.1 Å². The van der Waals surface area contributed by atoms with Gasteiger partial charge in [-0.2, -0.15) is 0 Å². The quantitative estimate of drug-likeness (QED) is 0.509. The smallest absolute Gasteiger partial charge is 0.338 e. The Hall–Kier alpha value is -2.91. The number of thiazole rings is 1. The summed E-state index contributed by atoms with van der Waals surface area (Å²) in [6.45, 7) is -0.432. The summed E-state index contributed by atoms with van der Waals surface area (Å²) in [5, 5.41) is 4.89. The van der Waals surface area contributed by atoms with Gasteiger partial charge in [0.15, 0.2) is 23.2 Å². The number of carbonyl (C=O) groups is 2. The van der Waals surface area contributed by atoms with Gasteiger partial charge in [0, 0.05) is 15.4 Å². The van der Waals surface area contributed by atoms with E-state index in [0.717, 1.165) is 15.7 Å². The number of hydrogen-bond acceptors (Lipinski definition) is 7. The SMILES string of the molecule is COc1ccc(C(=O)OCC(=O)Nc2nc(-c3cccc(Br)c3)cs2)cc1OC. The molecule has 0 saturated carbocycles. The lowest BCUT2D eigenvalue weighted by atomic mass is 10.2. The van der Waals surface area contributed by atoms with E-state index in [4.69, 9.17) is 14.2 Å². The molecule has 0 spiro atoms. The summed E-state index contributed by atoms with van der Waals surface area (Å²) in [5.74, 6) is -0.231. The highest BCUT2D eigenvalue weighted by molar-refractivity contribution is 9.10. The fourth-order valence-electron chi connectivity index (χ4n) is 2.44. The molecule has 29 heavy (non-hydrogen) atoms. The molecule has 0 aliphatic carbocycles. The van der Waals surface area contributed by atoms with E-state index in [2.05, 4.69) is 26.2 Å². The third-order valence-electron chi connectivity index (χ3n) is 3.82. The Labute approximate surface area is 179 Å². The summed E-state index contributed by atoms with van der Waals surface area (Å²) in [4.78, 5) is 28.7. The van der Waals surface area contributed by atoms with Gasteiger partial charge in [-0.1, -0.05) is 28.1 Å². The molecule has 0 radical (unpaired) electrons. The van der Waals surface area contributed by atoms with Gasteiger partial charge in [-0.3, -0.25) is 10.1 Å². The summed E-state index contributed by atoms with van der Waals surface area (Å²) < 4.78 is 16.3. The zero-order valence-corrected chi connectivity index (χ0v) is 18.0. The largest absolute Gasteiger partial charge is 0.493 e. The minimum Gasteiger partial charge on any atom is -0.493 e. The van der Waals surface area contributed by atoms with Crippen LogP contribution >= 0.6 is 27.3 Å². The van der Waals surface area contributed by atoms with Crippen LogP contribution in [0.1, 0.15) is 10.4 Å². The normalized spacial score (nSPS) is 10.3. The third-order valence-corrected chi connectivity index (χ3v) is 5.08. The van der Waals surface area contributed by atoms with Crippen LogP contribution < -0.4 is 14.8 Å². The highest BCUT2D eigenvalue weighted by Crippen LogP contribution is 2.28. The van der Waals surface area contributed by atoms with Crippen LogP contribution in [-0.4, -0.2) is 37.7 Å². The number of methoxy groups -OCH3 is 2. The van der Waals surface area contributed by atoms with Crippen molar-refractivity contribution in [3.8, 4) is 22.8 Å². The zero-order chi connectivity index (χ0) is 20.8. The summed E-state index contributed by atoms with van der Waals surface area (Å²) in [6, 6.07) is 12.3. The Bertz CT molecular complexity index is 1040. The van der Waals surface area contributed by atoms with E-state index in [1.54, 1.807) is 6.07 Å². The molecule has 7 nitrogen and oxygen atoms in total. The minimum atomic E-state index is -0.643. The molecule has 0 bridgehead atoms. The molecule has 2 aromatic carbocycles. The number of amides is 1. The van der Waals surface area contributed by atoms with Crippen LogP contribution in [-0.2, 0) is 9.53 Å². The van der Waals surface area contributed by atoms with Gasteiger partial charge in [0.1, 0.15) is 0 Å². The van der Waals surface area contributed by atoms with Crippen molar-refractivity contribution in [2.45, 2.75) is 0 Å². The van der Waals surface area contributed by atoms with E-state index >= 15 is 0 Å². The Balaban J connectivity index is 1.57. The van der Waals surface area contributed by atoms with Crippen LogP contribution in [0.4, 0.5) is 5.13 Å². The van der Waals surface area contributed by atoms with Gasteiger partial charge < -0.3 is 14.2 Å². The van der Waals surface area contributed by atoms with Gasteiger partial charge in [0.2, 0.25) is 0 Å². The van der Waals surface area contributed by atoms with E-state index in [1.807, 2.05) is 29.6 Å². The minimum absolute atomic E-state index is 0.252. The predicted octanol–water partition coefficient (Wildman–Crippen LogP) is 4.39. The monoisotopic (exact) mass is 476 g/mol. The third kappa shape index (κ3) is 5.33. The molecule has 0 fully saturated rings.